The summed E-state index contributed by atoms with van der Waals surface area (Å²) in [6.45, 7) is 1.76. The fourth-order valence-electron chi connectivity index (χ4n) is 2.61. The molecular weight excluding hydrogens is 376 g/mol. The van der Waals surface area contributed by atoms with Gasteiger partial charge in [-0.3, -0.25) is 0 Å². The molecule has 8 nitrogen and oxygen atoms in total. The summed E-state index contributed by atoms with van der Waals surface area (Å²) in [6, 6.07) is 6.11. The van der Waals surface area contributed by atoms with Gasteiger partial charge in [0.1, 0.15) is 0 Å². The second kappa shape index (κ2) is 7.73. The average Bonchev–Trinajstić information content (AvgIpc) is 3.14. The first-order chi connectivity index (χ1) is 12.3. The number of hydrogen-bond acceptors (Lipinski definition) is 7. The summed E-state index contributed by atoms with van der Waals surface area (Å²) in [5, 5.41) is 0.360. The highest BCUT2D eigenvalue weighted by molar-refractivity contribution is 7.89. The fourth-order valence-corrected chi connectivity index (χ4v) is 3.89. The minimum Gasteiger partial charge on any atom is -0.347 e. The van der Waals surface area contributed by atoms with Crippen LogP contribution in [0.1, 0.15) is 18.7 Å². The van der Waals surface area contributed by atoms with Gasteiger partial charge in [-0.15, -0.1) is 0 Å². The highest BCUT2D eigenvalue weighted by Crippen LogP contribution is 2.19. The van der Waals surface area contributed by atoms with Crippen LogP contribution in [0.3, 0.4) is 0 Å². The standard InChI is InChI=1S/C16H21ClN6O2S/c1-22(2)15-19-14(20-16(21-15)23-8-3-4-9-23)11-18-26(24,25)13-7-5-6-12(17)10-13/h5-7,10,18H,3-4,8-9,11H2,1-2H3. The first-order valence-corrected chi connectivity index (χ1v) is 10.1. The number of hydrogen-bond donors (Lipinski definition) is 1. The van der Waals surface area contributed by atoms with Gasteiger partial charge in [0.05, 0.1) is 11.4 Å². The zero-order chi connectivity index (χ0) is 18.7. The zero-order valence-corrected chi connectivity index (χ0v) is 16.3. The zero-order valence-electron chi connectivity index (χ0n) is 14.7. The van der Waals surface area contributed by atoms with Crippen molar-refractivity contribution in [2.24, 2.45) is 0 Å². The molecule has 140 valence electrons. The number of halogens is 1. The van der Waals surface area contributed by atoms with Gasteiger partial charge in [0.2, 0.25) is 21.9 Å². The predicted molar refractivity (Wildman–Crippen MR) is 101 cm³/mol. The van der Waals surface area contributed by atoms with E-state index >= 15 is 0 Å². The Hall–Kier alpha value is -1.97. The molecule has 1 N–H and O–H groups in total. The molecule has 1 aromatic heterocycles. The maximum absolute atomic E-state index is 12.5. The molecule has 1 aromatic carbocycles. The lowest BCUT2D eigenvalue weighted by molar-refractivity contribution is 0.579. The molecule has 0 amide bonds. The molecule has 1 saturated heterocycles. The maximum atomic E-state index is 12.5. The number of anilines is 2. The molecule has 1 aliphatic heterocycles. The fraction of sp³-hybridized carbons (Fsp3) is 0.438. The second-order valence-electron chi connectivity index (χ2n) is 6.22. The minimum atomic E-state index is -3.71. The average molecular weight is 397 g/mol. The van der Waals surface area contributed by atoms with Gasteiger partial charge in [0.25, 0.3) is 0 Å². The topological polar surface area (TPSA) is 91.3 Å². The highest BCUT2D eigenvalue weighted by atomic mass is 35.5. The molecule has 3 rings (SSSR count). The van der Waals surface area contributed by atoms with E-state index in [1.807, 2.05) is 14.1 Å². The van der Waals surface area contributed by atoms with E-state index in [2.05, 4.69) is 24.6 Å². The van der Waals surface area contributed by atoms with Gasteiger partial charge < -0.3 is 9.80 Å². The van der Waals surface area contributed by atoms with Crippen LogP contribution in [-0.2, 0) is 16.6 Å². The van der Waals surface area contributed by atoms with Crippen molar-refractivity contribution in [1.29, 1.82) is 0 Å². The van der Waals surface area contributed by atoms with Gasteiger partial charge in [0, 0.05) is 32.2 Å². The van der Waals surface area contributed by atoms with Crippen molar-refractivity contribution >= 4 is 33.5 Å². The van der Waals surface area contributed by atoms with Crippen LogP contribution in [0.25, 0.3) is 0 Å². The third-order valence-electron chi connectivity index (χ3n) is 3.97. The Morgan fingerprint density at radius 2 is 1.92 bits per heavy atom. The Balaban J connectivity index is 1.82. The summed E-state index contributed by atoms with van der Waals surface area (Å²) >= 11 is 5.88. The third kappa shape index (κ3) is 4.40. The molecule has 0 atom stereocenters. The largest absolute Gasteiger partial charge is 0.347 e. The summed E-state index contributed by atoms with van der Waals surface area (Å²) in [7, 11) is -0.0354. The number of rotatable bonds is 6. The molecule has 0 spiro atoms. The van der Waals surface area contributed by atoms with E-state index < -0.39 is 10.0 Å². The molecule has 1 aliphatic rings. The van der Waals surface area contributed by atoms with Crippen LogP contribution in [0.15, 0.2) is 29.2 Å². The molecule has 0 radical (unpaired) electrons. The number of aromatic nitrogens is 3. The summed E-state index contributed by atoms with van der Waals surface area (Å²) in [4.78, 5) is 17.2. The van der Waals surface area contributed by atoms with Crippen molar-refractivity contribution in [1.82, 2.24) is 19.7 Å². The SMILES string of the molecule is CN(C)c1nc(CNS(=O)(=O)c2cccc(Cl)c2)nc(N2CCCC2)n1. The van der Waals surface area contributed by atoms with E-state index in [0.29, 0.717) is 22.7 Å². The van der Waals surface area contributed by atoms with Gasteiger partial charge in [-0.05, 0) is 31.0 Å². The Morgan fingerprint density at radius 1 is 1.19 bits per heavy atom. The van der Waals surface area contributed by atoms with Crippen molar-refractivity contribution in [3.63, 3.8) is 0 Å². The Bertz CT molecular complexity index is 884. The molecule has 1 fully saturated rings. The molecule has 0 aliphatic carbocycles. The summed E-state index contributed by atoms with van der Waals surface area (Å²) < 4.78 is 27.4. The van der Waals surface area contributed by atoms with E-state index in [9.17, 15) is 8.42 Å². The highest BCUT2D eigenvalue weighted by Gasteiger charge is 2.20. The molecule has 10 heteroatoms. The Labute approximate surface area is 158 Å². The number of nitrogens with zero attached hydrogens (tertiary/aromatic N) is 5. The molecule has 0 bridgehead atoms. The summed E-state index contributed by atoms with van der Waals surface area (Å²) in [6.07, 6.45) is 2.19. The van der Waals surface area contributed by atoms with Crippen molar-refractivity contribution in [3.8, 4) is 0 Å². The van der Waals surface area contributed by atoms with E-state index in [0.717, 1.165) is 25.9 Å². The number of nitrogens with one attached hydrogen (secondary N) is 1. The molecule has 2 heterocycles. The molecular formula is C16H21ClN6O2S. The number of sulfonamides is 1. The second-order valence-corrected chi connectivity index (χ2v) is 8.43. The van der Waals surface area contributed by atoms with Crippen molar-refractivity contribution in [2.45, 2.75) is 24.3 Å². The lowest BCUT2D eigenvalue weighted by Crippen LogP contribution is -2.27. The van der Waals surface area contributed by atoms with E-state index in [4.69, 9.17) is 11.6 Å². The van der Waals surface area contributed by atoms with Crippen molar-refractivity contribution in [3.05, 3.63) is 35.1 Å². The monoisotopic (exact) mass is 396 g/mol. The Morgan fingerprint density at radius 3 is 2.58 bits per heavy atom. The predicted octanol–water partition coefficient (Wildman–Crippen LogP) is 1.67. The summed E-state index contributed by atoms with van der Waals surface area (Å²) in [5.74, 6) is 1.45. The lowest BCUT2D eigenvalue weighted by Gasteiger charge is -2.19. The lowest BCUT2D eigenvalue weighted by atomic mass is 10.4. The maximum Gasteiger partial charge on any atom is 0.241 e. The van der Waals surface area contributed by atoms with Crippen LogP contribution in [0.4, 0.5) is 11.9 Å². The van der Waals surface area contributed by atoms with Gasteiger partial charge in [-0.1, -0.05) is 17.7 Å². The molecule has 0 saturated carbocycles. The first kappa shape index (κ1) is 18.8. The molecule has 26 heavy (non-hydrogen) atoms. The van der Waals surface area contributed by atoms with Crippen LogP contribution in [-0.4, -0.2) is 50.6 Å². The normalized spacial score (nSPS) is 14.7. The van der Waals surface area contributed by atoms with Crippen molar-refractivity contribution < 1.29 is 8.42 Å². The van der Waals surface area contributed by atoms with Gasteiger partial charge >= 0.3 is 0 Å². The Kier molecular flexibility index (Phi) is 5.59. The van der Waals surface area contributed by atoms with Gasteiger partial charge in [-0.2, -0.15) is 15.0 Å². The minimum absolute atomic E-state index is 0.0287. The van der Waals surface area contributed by atoms with Crippen LogP contribution in [0.5, 0.6) is 0 Å². The van der Waals surface area contributed by atoms with E-state index in [1.165, 1.54) is 12.1 Å². The molecule has 0 unspecified atom stereocenters. The van der Waals surface area contributed by atoms with Crippen LogP contribution in [0.2, 0.25) is 5.02 Å². The summed E-state index contributed by atoms with van der Waals surface area (Å²) in [5.41, 5.74) is 0. The molecule has 2 aromatic rings. The first-order valence-electron chi connectivity index (χ1n) is 8.27. The van der Waals surface area contributed by atoms with Crippen LogP contribution in [0, 0.1) is 0 Å². The van der Waals surface area contributed by atoms with Gasteiger partial charge in [-0.25, -0.2) is 13.1 Å². The van der Waals surface area contributed by atoms with E-state index in [-0.39, 0.29) is 11.4 Å². The quantitative estimate of drug-likeness (QED) is 0.793. The van der Waals surface area contributed by atoms with Crippen LogP contribution < -0.4 is 14.5 Å². The van der Waals surface area contributed by atoms with E-state index in [1.54, 1.807) is 17.0 Å². The number of benzene rings is 1. The van der Waals surface area contributed by atoms with Crippen LogP contribution >= 0.6 is 11.6 Å². The van der Waals surface area contributed by atoms with Gasteiger partial charge in [0.15, 0.2) is 5.82 Å². The smallest absolute Gasteiger partial charge is 0.241 e. The third-order valence-corrected chi connectivity index (χ3v) is 5.61. The van der Waals surface area contributed by atoms with Crippen molar-refractivity contribution in [2.75, 3.05) is 37.0 Å².